The molecule has 0 amide bonds. The van der Waals surface area contributed by atoms with Crippen LogP contribution in [0.15, 0.2) is 60.8 Å². The van der Waals surface area contributed by atoms with Crippen LogP contribution < -0.4 is 26.0 Å². The molecule has 198 valence electrons. The molecule has 5 rings (SSSR count). The Bertz CT molecular complexity index is 1270. The number of benzene rings is 2. The number of hydrogen-bond donors (Lipinski definition) is 4. The van der Waals surface area contributed by atoms with Crippen molar-refractivity contribution in [3.8, 4) is 5.75 Å². The molecule has 1 unspecified atom stereocenters. The van der Waals surface area contributed by atoms with Gasteiger partial charge in [-0.25, -0.2) is 4.98 Å². The SMILES string of the molecule is CC(C)CCOc1ccccc1Nc1nc(Nc2ccc(C3CCNCC3)cc2)cc2c1C(C=O)NC=C2. The van der Waals surface area contributed by atoms with Crippen molar-refractivity contribution in [2.75, 3.05) is 30.3 Å². The van der Waals surface area contributed by atoms with Gasteiger partial charge in [0.2, 0.25) is 0 Å². The maximum atomic E-state index is 11.9. The van der Waals surface area contributed by atoms with Crippen molar-refractivity contribution in [3.63, 3.8) is 0 Å². The Labute approximate surface area is 225 Å². The third kappa shape index (κ3) is 6.17. The lowest BCUT2D eigenvalue weighted by Gasteiger charge is -2.24. The van der Waals surface area contributed by atoms with Crippen molar-refractivity contribution in [2.24, 2.45) is 5.92 Å². The molecule has 2 aromatic carbocycles. The van der Waals surface area contributed by atoms with Gasteiger partial charge in [-0.3, -0.25) is 0 Å². The molecule has 0 bridgehead atoms. The lowest BCUT2D eigenvalue weighted by atomic mass is 9.90. The summed E-state index contributed by atoms with van der Waals surface area (Å²) in [5, 5.41) is 13.5. The molecule has 7 heteroatoms. The smallest absolute Gasteiger partial charge is 0.146 e. The fourth-order valence-corrected chi connectivity index (χ4v) is 5.00. The summed E-state index contributed by atoms with van der Waals surface area (Å²) >= 11 is 0. The molecule has 2 aliphatic heterocycles. The number of carbonyl (C=O) groups excluding carboxylic acids is 1. The number of nitrogens with one attached hydrogen (secondary N) is 4. The summed E-state index contributed by atoms with van der Waals surface area (Å²) in [5.41, 5.74) is 4.92. The van der Waals surface area contributed by atoms with Crippen LogP contribution in [0.5, 0.6) is 5.75 Å². The van der Waals surface area contributed by atoms with E-state index in [1.807, 2.05) is 42.6 Å². The van der Waals surface area contributed by atoms with E-state index in [0.717, 1.165) is 54.0 Å². The highest BCUT2D eigenvalue weighted by Gasteiger charge is 2.23. The fraction of sp³-hybridized carbons (Fsp3) is 0.355. The molecule has 0 spiro atoms. The maximum absolute atomic E-state index is 11.9. The van der Waals surface area contributed by atoms with E-state index in [1.165, 1.54) is 18.4 Å². The number of anilines is 4. The van der Waals surface area contributed by atoms with E-state index in [1.54, 1.807) is 0 Å². The van der Waals surface area contributed by atoms with Gasteiger partial charge in [0.1, 0.15) is 29.7 Å². The number of piperidine rings is 1. The molecule has 3 heterocycles. The number of para-hydroxylation sites is 2. The van der Waals surface area contributed by atoms with E-state index >= 15 is 0 Å². The van der Waals surface area contributed by atoms with E-state index in [0.29, 0.717) is 30.1 Å². The van der Waals surface area contributed by atoms with Crippen LogP contribution in [0.3, 0.4) is 0 Å². The van der Waals surface area contributed by atoms with Gasteiger partial charge in [0.15, 0.2) is 0 Å². The second-order valence-corrected chi connectivity index (χ2v) is 10.4. The summed E-state index contributed by atoms with van der Waals surface area (Å²) in [6.45, 7) is 7.16. The Balaban J connectivity index is 1.42. The summed E-state index contributed by atoms with van der Waals surface area (Å²) in [6, 6.07) is 18.0. The van der Waals surface area contributed by atoms with Gasteiger partial charge in [-0.15, -0.1) is 0 Å². The van der Waals surface area contributed by atoms with Crippen LogP contribution in [0.2, 0.25) is 0 Å². The Morgan fingerprint density at radius 1 is 1.08 bits per heavy atom. The van der Waals surface area contributed by atoms with Crippen LogP contribution >= 0.6 is 0 Å². The number of pyridine rings is 1. The zero-order chi connectivity index (χ0) is 26.3. The number of aldehydes is 1. The highest BCUT2D eigenvalue weighted by atomic mass is 16.5. The molecule has 1 aromatic heterocycles. The van der Waals surface area contributed by atoms with Crippen LogP contribution in [0.1, 0.15) is 61.8 Å². The van der Waals surface area contributed by atoms with Crippen LogP contribution in [0.4, 0.5) is 23.0 Å². The van der Waals surface area contributed by atoms with Crippen molar-refractivity contribution < 1.29 is 9.53 Å². The number of carbonyl (C=O) groups is 1. The summed E-state index contributed by atoms with van der Waals surface area (Å²) in [6.07, 6.45) is 8.02. The Morgan fingerprint density at radius 2 is 1.87 bits per heavy atom. The molecule has 0 radical (unpaired) electrons. The lowest BCUT2D eigenvalue weighted by molar-refractivity contribution is -0.109. The third-order valence-corrected chi connectivity index (χ3v) is 7.16. The second-order valence-electron chi connectivity index (χ2n) is 10.4. The molecule has 0 aliphatic carbocycles. The summed E-state index contributed by atoms with van der Waals surface area (Å²) < 4.78 is 6.10. The number of ether oxygens (including phenoxy) is 1. The van der Waals surface area contributed by atoms with E-state index in [4.69, 9.17) is 9.72 Å². The largest absolute Gasteiger partial charge is 0.491 e. The first-order valence-corrected chi connectivity index (χ1v) is 13.6. The first-order chi connectivity index (χ1) is 18.6. The van der Waals surface area contributed by atoms with E-state index in [9.17, 15) is 4.79 Å². The van der Waals surface area contributed by atoms with Crippen LogP contribution in [-0.4, -0.2) is 31.0 Å². The highest BCUT2D eigenvalue weighted by molar-refractivity contribution is 5.80. The van der Waals surface area contributed by atoms with Gasteiger partial charge in [-0.1, -0.05) is 38.1 Å². The number of nitrogens with zero attached hydrogens (tertiary/aromatic N) is 1. The minimum absolute atomic E-state index is 0.489. The normalized spacial score (nSPS) is 17.0. The predicted octanol–water partition coefficient (Wildman–Crippen LogP) is 6.27. The number of fused-ring (bicyclic) bond motifs is 1. The van der Waals surface area contributed by atoms with Gasteiger partial charge >= 0.3 is 0 Å². The number of hydrogen-bond acceptors (Lipinski definition) is 7. The van der Waals surface area contributed by atoms with Crippen molar-refractivity contribution in [1.29, 1.82) is 0 Å². The number of rotatable bonds is 10. The summed E-state index contributed by atoms with van der Waals surface area (Å²) in [5.74, 6) is 3.26. The van der Waals surface area contributed by atoms with Crippen molar-refractivity contribution in [1.82, 2.24) is 15.6 Å². The average Bonchev–Trinajstić information content (AvgIpc) is 2.94. The standard InChI is InChI=1S/C31H37N5O2/c1-21(2)14-18-38-28-6-4-3-5-26(28)35-31-30-24(13-17-33-27(30)20-37)19-29(36-31)34-25-9-7-22(8-10-25)23-11-15-32-16-12-23/h3-10,13,17,19-21,23,27,32-33H,11-12,14-16,18H2,1-2H3,(H2,34,35,36). The maximum Gasteiger partial charge on any atom is 0.146 e. The molecular formula is C31H37N5O2. The minimum atomic E-state index is -0.489. The minimum Gasteiger partial charge on any atom is -0.491 e. The predicted molar refractivity (Wildman–Crippen MR) is 154 cm³/mol. The van der Waals surface area contributed by atoms with Gasteiger partial charge in [-0.2, -0.15) is 0 Å². The van der Waals surface area contributed by atoms with Gasteiger partial charge in [0.05, 0.1) is 12.3 Å². The van der Waals surface area contributed by atoms with Crippen LogP contribution in [-0.2, 0) is 4.79 Å². The third-order valence-electron chi connectivity index (χ3n) is 7.16. The van der Waals surface area contributed by atoms with Crippen LogP contribution in [0, 0.1) is 5.92 Å². The Hall–Kier alpha value is -3.84. The number of aromatic nitrogens is 1. The fourth-order valence-electron chi connectivity index (χ4n) is 5.00. The Morgan fingerprint density at radius 3 is 2.63 bits per heavy atom. The summed E-state index contributed by atoms with van der Waals surface area (Å²) in [7, 11) is 0. The average molecular weight is 512 g/mol. The molecule has 7 nitrogen and oxygen atoms in total. The first kappa shape index (κ1) is 25.8. The van der Waals surface area contributed by atoms with Crippen LogP contribution in [0.25, 0.3) is 6.08 Å². The molecule has 4 N–H and O–H groups in total. The van der Waals surface area contributed by atoms with Crippen molar-refractivity contribution >= 4 is 35.4 Å². The van der Waals surface area contributed by atoms with Gasteiger partial charge in [-0.05, 0) is 97.9 Å². The van der Waals surface area contributed by atoms with Gasteiger partial charge in [0, 0.05) is 11.3 Å². The summed E-state index contributed by atoms with van der Waals surface area (Å²) in [4.78, 5) is 16.9. The van der Waals surface area contributed by atoms with Crippen molar-refractivity contribution in [3.05, 3.63) is 77.5 Å². The van der Waals surface area contributed by atoms with Gasteiger partial charge < -0.3 is 30.8 Å². The topological polar surface area (TPSA) is 87.3 Å². The first-order valence-electron chi connectivity index (χ1n) is 13.6. The molecule has 3 aromatic rings. The lowest BCUT2D eigenvalue weighted by Crippen LogP contribution is -2.26. The molecule has 2 aliphatic rings. The second kappa shape index (κ2) is 12.1. The van der Waals surface area contributed by atoms with E-state index in [-0.39, 0.29) is 0 Å². The zero-order valence-electron chi connectivity index (χ0n) is 22.2. The molecule has 1 fully saturated rings. The van der Waals surface area contributed by atoms with E-state index < -0.39 is 6.04 Å². The highest BCUT2D eigenvalue weighted by Crippen LogP contribution is 2.36. The van der Waals surface area contributed by atoms with Crippen molar-refractivity contribution in [2.45, 2.75) is 45.1 Å². The van der Waals surface area contributed by atoms with E-state index in [2.05, 4.69) is 59.4 Å². The molecule has 0 saturated carbocycles. The molecule has 38 heavy (non-hydrogen) atoms. The van der Waals surface area contributed by atoms with Gasteiger partial charge in [0.25, 0.3) is 0 Å². The molecule has 1 saturated heterocycles. The molecular weight excluding hydrogens is 474 g/mol. The Kier molecular flexibility index (Phi) is 8.24. The quantitative estimate of drug-likeness (QED) is 0.239. The monoisotopic (exact) mass is 511 g/mol. The molecule has 1 atom stereocenters. The zero-order valence-corrected chi connectivity index (χ0v) is 22.2.